The smallest absolute Gasteiger partial charge is 0.237 e. The van der Waals surface area contributed by atoms with Crippen LogP contribution in [0.5, 0.6) is 0 Å². The van der Waals surface area contributed by atoms with Gasteiger partial charge in [-0.1, -0.05) is 30.3 Å². The zero-order valence-electron chi connectivity index (χ0n) is 12.4. The van der Waals surface area contributed by atoms with Gasteiger partial charge in [0.1, 0.15) is 0 Å². The quantitative estimate of drug-likeness (QED) is 0.835. The highest BCUT2D eigenvalue weighted by Crippen LogP contribution is 2.44. The molecule has 0 aromatic heterocycles. The van der Waals surface area contributed by atoms with E-state index in [9.17, 15) is 9.90 Å². The monoisotopic (exact) mass is 288 g/mol. The Labute approximate surface area is 126 Å². The highest BCUT2D eigenvalue weighted by atomic mass is 16.3. The molecule has 1 aromatic rings. The molecule has 1 aliphatic heterocycles. The minimum absolute atomic E-state index is 0.0142. The van der Waals surface area contributed by atoms with Crippen LogP contribution >= 0.6 is 0 Å². The van der Waals surface area contributed by atoms with Crippen molar-refractivity contribution >= 4 is 5.91 Å². The topological polar surface area (TPSA) is 52.6 Å². The molecule has 1 heterocycles. The Kier molecular flexibility index (Phi) is 4.27. The molecule has 1 saturated carbocycles. The third-order valence-electron chi connectivity index (χ3n) is 4.82. The minimum Gasteiger partial charge on any atom is -0.396 e. The summed E-state index contributed by atoms with van der Waals surface area (Å²) in [5, 5.41) is 12.4. The Morgan fingerprint density at radius 2 is 2.10 bits per heavy atom. The lowest BCUT2D eigenvalue weighted by Gasteiger charge is -2.24. The minimum atomic E-state index is -0.0154. The number of aliphatic hydroxyl groups excluding tert-OH is 1. The number of carbonyl (C=O) groups is 1. The second kappa shape index (κ2) is 6.16. The van der Waals surface area contributed by atoms with Gasteiger partial charge in [0.15, 0.2) is 0 Å². The van der Waals surface area contributed by atoms with Gasteiger partial charge in [-0.15, -0.1) is 0 Å². The van der Waals surface area contributed by atoms with Gasteiger partial charge in [-0.25, -0.2) is 0 Å². The van der Waals surface area contributed by atoms with Crippen molar-refractivity contribution in [1.29, 1.82) is 0 Å². The molecule has 2 N–H and O–H groups in total. The first kappa shape index (κ1) is 14.5. The van der Waals surface area contributed by atoms with Gasteiger partial charge in [-0.05, 0) is 37.8 Å². The summed E-state index contributed by atoms with van der Waals surface area (Å²) in [5.41, 5.74) is 1.24. The number of likely N-dealkylation sites (tertiary alicyclic amines) is 1. The lowest BCUT2D eigenvalue weighted by molar-refractivity contribution is -0.126. The van der Waals surface area contributed by atoms with E-state index in [1.165, 1.54) is 5.56 Å². The zero-order valence-corrected chi connectivity index (χ0v) is 12.4. The number of rotatable bonds is 6. The maximum atomic E-state index is 12.4. The number of aliphatic hydroxyl groups is 1. The van der Waals surface area contributed by atoms with Crippen LogP contribution in [0.3, 0.4) is 0 Å². The first-order valence-corrected chi connectivity index (χ1v) is 7.89. The van der Waals surface area contributed by atoms with Gasteiger partial charge < -0.3 is 10.4 Å². The second-order valence-corrected chi connectivity index (χ2v) is 6.49. The molecule has 2 aliphatic rings. The molecule has 1 saturated heterocycles. The fourth-order valence-corrected chi connectivity index (χ4v) is 3.09. The van der Waals surface area contributed by atoms with Crippen LogP contribution < -0.4 is 5.32 Å². The molecule has 4 nitrogen and oxygen atoms in total. The van der Waals surface area contributed by atoms with Gasteiger partial charge in [0.25, 0.3) is 0 Å². The van der Waals surface area contributed by atoms with Gasteiger partial charge >= 0.3 is 0 Å². The normalized spacial score (nSPS) is 24.0. The van der Waals surface area contributed by atoms with Crippen LogP contribution in [-0.4, -0.2) is 41.7 Å². The summed E-state index contributed by atoms with van der Waals surface area (Å²) in [6.45, 7) is 2.63. The highest BCUT2D eigenvalue weighted by molar-refractivity contribution is 5.82. The first-order valence-electron chi connectivity index (χ1n) is 7.89. The molecule has 4 heteroatoms. The number of benzene rings is 1. The predicted molar refractivity (Wildman–Crippen MR) is 81.6 cm³/mol. The first-order chi connectivity index (χ1) is 10.2. The molecule has 114 valence electrons. The number of carbonyl (C=O) groups excluding carboxylic acids is 1. The van der Waals surface area contributed by atoms with Crippen molar-refractivity contribution in [1.82, 2.24) is 10.2 Å². The maximum absolute atomic E-state index is 12.4. The Balaban J connectivity index is 1.54. The fourth-order valence-electron chi connectivity index (χ4n) is 3.09. The number of amides is 1. The summed E-state index contributed by atoms with van der Waals surface area (Å²) in [6.07, 6.45) is 4.07. The van der Waals surface area contributed by atoms with E-state index >= 15 is 0 Å². The molecular weight excluding hydrogens is 264 g/mol. The van der Waals surface area contributed by atoms with Crippen LogP contribution in [0.15, 0.2) is 30.3 Å². The van der Waals surface area contributed by atoms with Crippen molar-refractivity contribution < 1.29 is 9.90 Å². The second-order valence-electron chi connectivity index (χ2n) is 6.49. The van der Waals surface area contributed by atoms with E-state index in [0.29, 0.717) is 6.54 Å². The molecular formula is C17H24N2O2. The largest absolute Gasteiger partial charge is 0.396 e. The van der Waals surface area contributed by atoms with E-state index in [1.54, 1.807) is 0 Å². The summed E-state index contributed by atoms with van der Waals surface area (Å²) < 4.78 is 0. The summed E-state index contributed by atoms with van der Waals surface area (Å²) >= 11 is 0. The molecule has 21 heavy (non-hydrogen) atoms. The van der Waals surface area contributed by atoms with Crippen LogP contribution in [0.4, 0.5) is 0 Å². The number of hydrogen-bond acceptors (Lipinski definition) is 3. The maximum Gasteiger partial charge on any atom is 0.237 e. The molecule has 1 amide bonds. The van der Waals surface area contributed by atoms with Gasteiger partial charge in [0, 0.05) is 18.5 Å². The highest BCUT2D eigenvalue weighted by Gasteiger charge is 2.42. The van der Waals surface area contributed by atoms with Crippen molar-refractivity contribution in [3.63, 3.8) is 0 Å². The van der Waals surface area contributed by atoms with Crippen molar-refractivity contribution in [2.24, 2.45) is 5.41 Å². The molecule has 1 aliphatic carbocycles. The zero-order chi connectivity index (χ0) is 14.7. The van der Waals surface area contributed by atoms with E-state index in [1.807, 2.05) is 18.2 Å². The van der Waals surface area contributed by atoms with Gasteiger partial charge in [0.2, 0.25) is 5.91 Å². The van der Waals surface area contributed by atoms with Gasteiger partial charge in [-0.3, -0.25) is 9.69 Å². The molecule has 0 bridgehead atoms. The molecule has 3 rings (SSSR count). The van der Waals surface area contributed by atoms with E-state index < -0.39 is 0 Å². The van der Waals surface area contributed by atoms with Crippen molar-refractivity contribution in [2.75, 3.05) is 19.7 Å². The van der Waals surface area contributed by atoms with Crippen LogP contribution in [-0.2, 0) is 11.3 Å². The summed E-state index contributed by atoms with van der Waals surface area (Å²) in [6, 6.07) is 10.3. The summed E-state index contributed by atoms with van der Waals surface area (Å²) in [7, 11) is 0. The van der Waals surface area contributed by atoms with Crippen molar-refractivity contribution in [2.45, 2.75) is 38.3 Å². The third kappa shape index (κ3) is 3.44. The molecule has 1 atom stereocenters. The molecule has 1 aromatic carbocycles. The number of nitrogens with one attached hydrogen (secondary N) is 1. The van der Waals surface area contributed by atoms with E-state index in [4.69, 9.17) is 0 Å². The number of hydrogen-bond donors (Lipinski definition) is 2. The lowest BCUT2D eigenvalue weighted by atomic mass is 10.1. The van der Waals surface area contributed by atoms with E-state index in [0.717, 1.165) is 38.8 Å². The van der Waals surface area contributed by atoms with Crippen LogP contribution in [0.1, 0.15) is 31.2 Å². The van der Waals surface area contributed by atoms with Gasteiger partial charge in [0.05, 0.1) is 12.6 Å². The Hall–Kier alpha value is -1.39. The summed E-state index contributed by atoms with van der Waals surface area (Å²) in [5.74, 6) is 0.128. The molecule has 1 unspecified atom stereocenters. The van der Waals surface area contributed by atoms with Crippen LogP contribution in [0.25, 0.3) is 0 Å². The molecule has 0 radical (unpaired) electrons. The van der Waals surface area contributed by atoms with E-state index in [2.05, 4.69) is 22.3 Å². The Bertz CT molecular complexity index is 485. The average Bonchev–Trinajstić information content (AvgIpc) is 3.17. The number of nitrogens with zero attached hydrogens (tertiary/aromatic N) is 1. The average molecular weight is 288 g/mol. The van der Waals surface area contributed by atoms with Crippen LogP contribution in [0.2, 0.25) is 0 Å². The summed E-state index contributed by atoms with van der Waals surface area (Å²) in [4.78, 5) is 14.7. The van der Waals surface area contributed by atoms with Crippen molar-refractivity contribution in [3.8, 4) is 0 Å². The van der Waals surface area contributed by atoms with Crippen LogP contribution in [0, 0.1) is 5.41 Å². The van der Waals surface area contributed by atoms with Crippen molar-refractivity contribution in [3.05, 3.63) is 35.9 Å². The lowest BCUT2D eigenvalue weighted by Crippen LogP contribution is -2.45. The Morgan fingerprint density at radius 3 is 2.76 bits per heavy atom. The Morgan fingerprint density at radius 1 is 1.33 bits per heavy atom. The van der Waals surface area contributed by atoms with Gasteiger partial charge in [-0.2, -0.15) is 0 Å². The molecule has 0 spiro atoms. The predicted octanol–water partition coefficient (Wildman–Crippen LogP) is 1.54. The SMILES string of the molecule is O=C(NCC1(CO)CC1)C1CCCN1Cc1ccccc1. The fraction of sp³-hybridized carbons (Fsp3) is 0.588. The standard InChI is InChI=1S/C17H24N2O2/c20-13-17(8-9-17)12-18-16(21)15-7-4-10-19(15)11-14-5-2-1-3-6-14/h1-3,5-6,15,20H,4,7-13H2,(H,18,21). The molecule has 2 fully saturated rings. The third-order valence-corrected chi connectivity index (χ3v) is 4.82. The van der Waals surface area contributed by atoms with E-state index in [-0.39, 0.29) is 24.0 Å².